The highest BCUT2D eigenvalue weighted by Gasteiger charge is 2.25. The third kappa shape index (κ3) is 4.96. The van der Waals surface area contributed by atoms with Crippen LogP contribution in [0.25, 0.3) is 5.69 Å². The van der Waals surface area contributed by atoms with E-state index in [2.05, 4.69) is 26.6 Å². The Hall–Kier alpha value is -2.72. The molecule has 2 aliphatic heterocycles. The van der Waals surface area contributed by atoms with Crippen molar-refractivity contribution < 1.29 is 9.59 Å². The second-order valence-corrected chi connectivity index (χ2v) is 10.2. The van der Waals surface area contributed by atoms with Crippen LogP contribution >= 0.6 is 23.1 Å². The van der Waals surface area contributed by atoms with Crippen molar-refractivity contribution in [2.75, 3.05) is 18.8 Å². The predicted octanol–water partition coefficient (Wildman–Crippen LogP) is 3.30. The van der Waals surface area contributed by atoms with Gasteiger partial charge in [-0.3, -0.25) is 19.1 Å². The van der Waals surface area contributed by atoms with Gasteiger partial charge in [0.05, 0.1) is 24.2 Å². The van der Waals surface area contributed by atoms with E-state index in [1.54, 1.807) is 23.7 Å². The minimum Gasteiger partial charge on any atom is -0.337 e. The summed E-state index contributed by atoms with van der Waals surface area (Å²) in [6.07, 6.45) is 8.00. The Kier molecular flexibility index (Phi) is 6.73. The van der Waals surface area contributed by atoms with Gasteiger partial charge < -0.3 is 9.80 Å². The molecule has 0 N–H and O–H groups in total. The van der Waals surface area contributed by atoms with Gasteiger partial charge in [0, 0.05) is 37.1 Å². The normalized spacial score (nSPS) is 16.5. The highest BCUT2D eigenvalue weighted by atomic mass is 32.2. The summed E-state index contributed by atoms with van der Waals surface area (Å²) in [7, 11) is 0. The van der Waals surface area contributed by atoms with Gasteiger partial charge >= 0.3 is 0 Å². The van der Waals surface area contributed by atoms with Gasteiger partial charge in [0.1, 0.15) is 0 Å². The van der Waals surface area contributed by atoms with E-state index in [0.29, 0.717) is 36.2 Å². The Labute approximate surface area is 201 Å². The Morgan fingerprint density at radius 3 is 2.94 bits per heavy atom. The second-order valence-electron chi connectivity index (χ2n) is 8.29. The van der Waals surface area contributed by atoms with E-state index in [-0.39, 0.29) is 11.8 Å². The molecule has 10 heteroatoms. The third-order valence-electron chi connectivity index (χ3n) is 6.09. The van der Waals surface area contributed by atoms with Gasteiger partial charge in [0.25, 0.3) is 0 Å². The van der Waals surface area contributed by atoms with Gasteiger partial charge in [-0.1, -0.05) is 18.2 Å². The summed E-state index contributed by atoms with van der Waals surface area (Å²) in [5.41, 5.74) is 2.09. The van der Waals surface area contributed by atoms with E-state index < -0.39 is 0 Å². The summed E-state index contributed by atoms with van der Waals surface area (Å²) in [4.78, 5) is 34.9. The third-order valence-corrected chi connectivity index (χ3v) is 8.03. The number of carbonyl (C=O) groups is 2. The maximum absolute atomic E-state index is 12.9. The lowest BCUT2D eigenvalue weighted by molar-refractivity contribution is -0.131. The molecule has 0 atom stereocenters. The first-order valence-corrected chi connectivity index (χ1v) is 13.1. The largest absolute Gasteiger partial charge is 0.337 e. The van der Waals surface area contributed by atoms with Crippen molar-refractivity contribution in [3.05, 3.63) is 52.2 Å². The Morgan fingerprint density at radius 2 is 2.06 bits per heavy atom. The monoisotopic (exact) mass is 482 g/mol. The van der Waals surface area contributed by atoms with Crippen LogP contribution in [0.2, 0.25) is 0 Å². The van der Waals surface area contributed by atoms with Crippen molar-refractivity contribution in [1.29, 1.82) is 0 Å². The molecule has 8 nitrogen and oxygen atoms in total. The summed E-state index contributed by atoms with van der Waals surface area (Å²) >= 11 is 3.15. The molecule has 5 rings (SSSR count). The standard InChI is InChI=1S/C23H26N6O2S2/c30-21-6-2-1-3-10-27(21)15-20-25-26-23(29(20)18-5-4-9-24-13-18)33-16-22(31)28-11-7-19-17(14-28)8-12-32-19/h4-5,8-9,12-13H,1-3,6-7,10-11,14-16H2. The van der Waals surface area contributed by atoms with Crippen molar-refractivity contribution in [2.45, 2.75) is 50.4 Å². The van der Waals surface area contributed by atoms with Gasteiger partial charge in [0.2, 0.25) is 11.8 Å². The minimum absolute atomic E-state index is 0.0989. The van der Waals surface area contributed by atoms with Gasteiger partial charge in [-0.15, -0.1) is 21.5 Å². The fourth-order valence-electron chi connectivity index (χ4n) is 4.30. The zero-order chi connectivity index (χ0) is 22.6. The Bertz CT molecular complexity index is 1130. The van der Waals surface area contributed by atoms with Crippen LogP contribution in [-0.2, 0) is 29.1 Å². The molecule has 33 heavy (non-hydrogen) atoms. The lowest BCUT2D eigenvalue weighted by Gasteiger charge is -2.26. The molecule has 0 radical (unpaired) electrons. The second kappa shape index (κ2) is 10.0. The maximum Gasteiger partial charge on any atom is 0.233 e. The molecule has 0 aromatic carbocycles. The highest BCUT2D eigenvalue weighted by Crippen LogP contribution is 2.27. The molecule has 3 aromatic rings. The minimum atomic E-state index is 0.0989. The van der Waals surface area contributed by atoms with Crippen LogP contribution in [0.3, 0.4) is 0 Å². The van der Waals surface area contributed by atoms with Crippen LogP contribution in [-0.4, -0.2) is 60.2 Å². The van der Waals surface area contributed by atoms with E-state index in [4.69, 9.17) is 0 Å². The summed E-state index contributed by atoms with van der Waals surface area (Å²) in [6, 6.07) is 5.92. The smallest absolute Gasteiger partial charge is 0.233 e. The quantitative estimate of drug-likeness (QED) is 0.501. The first-order valence-electron chi connectivity index (χ1n) is 11.3. The number of aromatic nitrogens is 4. The van der Waals surface area contributed by atoms with Crippen molar-refractivity contribution >= 4 is 34.9 Å². The number of thioether (sulfide) groups is 1. The average Bonchev–Trinajstić information content (AvgIpc) is 3.42. The molecule has 0 saturated carbocycles. The maximum atomic E-state index is 12.9. The van der Waals surface area contributed by atoms with Gasteiger partial charge in [-0.2, -0.15) is 0 Å². The Morgan fingerprint density at radius 1 is 1.12 bits per heavy atom. The van der Waals surface area contributed by atoms with Crippen LogP contribution in [0.1, 0.15) is 41.9 Å². The van der Waals surface area contributed by atoms with E-state index in [1.165, 1.54) is 22.2 Å². The van der Waals surface area contributed by atoms with Crippen LogP contribution in [0.15, 0.2) is 41.1 Å². The number of likely N-dealkylation sites (tertiary alicyclic amines) is 1. The molecule has 1 fully saturated rings. The summed E-state index contributed by atoms with van der Waals surface area (Å²) in [6.45, 7) is 2.57. The number of hydrogen-bond donors (Lipinski definition) is 0. The highest BCUT2D eigenvalue weighted by molar-refractivity contribution is 7.99. The van der Waals surface area contributed by atoms with Gasteiger partial charge in [-0.25, -0.2) is 0 Å². The Balaban J connectivity index is 1.33. The number of thiophene rings is 1. The van der Waals surface area contributed by atoms with Gasteiger partial charge in [0.15, 0.2) is 11.0 Å². The van der Waals surface area contributed by atoms with Crippen LogP contribution in [0, 0.1) is 0 Å². The number of nitrogens with zero attached hydrogens (tertiary/aromatic N) is 6. The molecule has 3 aromatic heterocycles. The fourth-order valence-corrected chi connectivity index (χ4v) is 6.06. The molecule has 1 saturated heterocycles. The molecule has 2 amide bonds. The van der Waals surface area contributed by atoms with Gasteiger partial charge in [-0.05, 0) is 48.4 Å². The number of carbonyl (C=O) groups excluding carboxylic acids is 2. The van der Waals surface area contributed by atoms with Crippen molar-refractivity contribution in [1.82, 2.24) is 29.5 Å². The lowest BCUT2D eigenvalue weighted by atomic mass is 10.1. The summed E-state index contributed by atoms with van der Waals surface area (Å²) < 4.78 is 1.93. The number of pyridine rings is 1. The molecular formula is C23H26N6O2S2. The van der Waals surface area contributed by atoms with E-state index in [0.717, 1.165) is 44.5 Å². The topological polar surface area (TPSA) is 84.2 Å². The van der Waals surface area contributed by atoms with Crippen molar-refractivity contribution in [2.24, 2.45) is 0 Å². The van der Waals surface area contributed by atoms with Crippen molar-refractivity contribution in [3.63, 3.8) is 0 Å². The van der Waals surface area contributed by atoms with E-state index in [9.17, 15) is 9.59 Å². The molecule has 0 unspecified atom stereocenters. The molecule has 172 valence electrons. The summed E-state index contributed by atoms with van der Waals surface area (Å²) in [5.74, 6) is 1.24. The SMILES string of the molecule is O=C(CSc1nnc(CN2CCCCCC2=O)n1-c1cccnc1)N1CCc2sccc2C1. The molecule has 2 aliphatic rings. The van der Waals surface area contributed by atoms with Crippen LogP contribution in [0.4, 0.5) is 0 Å². The number of fused-ring (bicyclic) bond motifs is 1. The molecular weight excluding hydrogens is 456 g/mol. The number of hydrogen-bond acceptors (Lipinski definition) is 7. The first kappa shape index (κ1) is 22.1. The molecule has 0 spiro atoms. The molecule has 0 bridgehead atoms. The molecule has 0 aliphatic carbocycles. The average molecular weight is 483 g/mol. The number of rotatable bonds is 6. The van der Waals surface area contributed by atoms with E-state index in [1.807, 2.05) is 26.5 Å². The molecule has 5 heterocycles. The lowest BCUT2D eigenvalue weighted by Crippen LogP contribution is -2.36. The predicted molar refractivity (Wildman–Crippen MR) is 127 cm³/mol. The zero-order valence-electron chi connectivity index (χ0n) is 18.4. The number of amides is 2. The van der Waals surface area contributed by atoms with Crippen molar-refractivity contribution in [3.8, 4) is 5.69 Å². The fraction of sp³-hybridized carbons (Fsp3) is 0.435. The summed E-state index contributed by atoms with van der Waals surface area (Å²) in [5, 5.41) is 11.5. The first-order chi connectivity index (χ1) is 16.2. The van der Waals surface area contributed by atoms with Crippen LogP contribution < -0.4 is 0 Å². The van der Waals surface area contributed by atoms with E-state index >= 15 is 0 Å². The zero-order valence-corrected chi connectivity index (χ0v) is 20.0. The van der Waals surface area contributed by atoms with Crippen LogP contribution in [0.5, 0.6) is 0 Å².